The van der Waals surface area contributed by atoms with Gasteiger partial charge < -0.3 is 54.4 Å². The summed E-state index contributed by atoms with van der Waals surface area (Å²) in [5, 5.41) is 54.7. The van der Waals surface area contributed by atoms with Crippen LogP contribution in [0.15, 0.2) is 83.9 Å². The molecule has 2 saturated heterocycles. The average Bonchev–Trinajstić information content (AvgIpc) is 4.03. The third-order valence-electron chi connectivity index (χ3n) is 15.5. The van der Waals surface area contributed by atoms with Gasteiger partial charge in [-0.15, -0.1) is 5.10 Å². The van der Waals surface area contributed by atoms with Crippen molar-refractivity contribution in [2.75, 3.05) is 45.3 Å². The van der Waals surface area contributed by atoms with E-state index in [0.29, 0.717) is 72.6 Å². The molecular weight excluding hydrogens is 1040 g/mol. The number of β-amino-alcohol motifs (C(OH)–C–C–N with tert-alkyl or cyclic N) is 1. The zero-order valence-corrected chi connectivity index (χ0v) is 45.6. The van der Waals surface area contributed by atoms with Crippen LogP contribution in [0.1, 0.15) is 86.0 Å². The molecule has 1 aliphatic carbocycles. The Balaban J connectivity index is 0.866. The first-order chi connectivity index (χ1) is 39.1. The Hall–Kier alpha value is -8.54. The van der Waals surface area contributed by atoms with Crippen LogP contribution < -0.4 is 20.1 Å². The van der Waals surface area contributed by atoms with Gasteiger partial charge in [0.15, 0.2) is 17.9 Å². The quantitative estimate of drug-likeness (QED) is 0.0431. The first-order valence-corrected chi connectivity index (χ1v) is 27.0. The summed E-state index contributed by atoms with van der Waals surface area (Å²) in [5.41, 5.74) is 7.62. The third kappa shape index (κ3) is 10.9. The van der Waals surface area contributed by atoms with Crippen molar-refractivity contribution in [2.24, 2.45) is 5.92 Å². The number of oxazole rings is 1. The van der Waals surface area contributed by atoms with E-state index in [4.69, 9.17) is 28.6 Å². The number of hydrogen-bond acceptors (Lipinski definition) is 16. The Bertz CT molecular complexity index is 3630. The SMILES string of the molecule is CO[C@@H](C)COc1nc(NC2CN(C(=O)O)C2)c2cc(C3CC3)c(-c3c(C)c(F)cc4[nH]ncc34)c(OCc3ccc(-c4cn([C@H](C(=O)N5C[C@H](O)C[C@H]5C(=O)N[C@@H](CO)c5ccc(-c6ocnc6C)cc5)C(C)C)nn4)cc3)c2n1. The van der Waals surface area contributed by atoms with Crippen LogP contribution >= 0.6 is 0 Å². The lowest BCUT2D eigenvalue weighted by Crippen LogP contribution is -2.56. The topological polar surface area (TPSA) is 281 Å². The maximum Gasteiger partial charge on any atom is 0.407 e. The molecule has 22 nitrogen and oxygen atoms in total. The van der Waals surface area contributed by atoms with Gasteiger partial charge in [-0.3, -0.25) is 14.7 Å². The molecule has 6 N–H and O–H groups in total. The molecule has 8 aromatic rings. The molecule has 23 heteroatoms. The van der Waals surface area contributed by atoms with E-state index >= 15 is 4.39 Å². The van der Waals surface area contributed by atoms with Gasteiger partial charge in [0.25, 0.3) is 0 Å². The van der Waals surface area contributed by atoms with Crippen LogP contribution in [0.25, 0.3) is 55.5 Å². The Labute approximate surface area is 464 Å². The lowest BCUT2D eigenvalue weighted by molar-refractivity contribution is -0.142. The van der Waals surface area contributed by atoms with Gasteiger partial charge in [0.1, 0.15) is 48.1 Å². The third-order valence-corrected chi connectivity index (χ3v) is 15.5. The number of carboxylic acid groups (broad SMARTS) is 1. The second kappa shape index (κ2) is 22.5. The van der Waals surface area contributed by atoms with Crippen molar-refractivity contribution in [3.8, 4) is 45.5 Å². The van der Waals surface area contributed by atoms with Crippen LogP contribution in [0.3, 0.4) is 0 Å². The van der Waals surface area contributed by atoms with Crippen molar-refractivity contribution >= 4 is 45.5 Å². The Morgan fingerprint density at radius 2 is 1.70 bits per heavy atom. The van der Waals surface area contributed by atoms with Gasteiger partial charge in [0.2, 0.25) is 11.8 Å². The number of fused-ring (bicyclic) bond motifs is 2. The van der Waals surface area contributed by atoms with Crippen LogP contribution in [0.5, 0.6) is 11.8 Å². The van der Waals surface area contributed by atoms with Gasteiger partial charge in [0, 0.05) is 66.2 Å². The van der Waals surface area contributed by atoms with E-state index < -0.39 is 54.6 Å². The van der Waals surface area contributed by atoms with Gasteiger partial charge in [-0.2, -0.15) is 15.1 Å². The number of methoxy groups -OCH3 is 1. The minimum absolute atomic E-state index is 0.0102. The normalized spacial score (nSPS) is 17.6. The number of rotatable bonds is 20. The lowest BCUT2D eigenvalue weighted by atomic mass is 9.88. The van der Waals surface area contributed by atoms with Crippen molar-refractivity contribution in [1.29, 1.82) is 0 Å². The highest BCUT2D eigenvalue weighted by atomic mass is 19.1. The maximum atomic E-state index is 16.0. The number of carbonyl (C=O) groups is 3. The summed E-state index contributed by atoms with van der Waals surface area (Å²) in [5.74, 6) is -0.113. The largest absolute Gasteiger partial charge is 0.486 e. The van der Waals surface area contributed by atoms with Crippen LogP contribution in [0.4, 0.5) is 15.0 Å². The number of aryl methyl sites for hydroxylation is 1. The molecule has 4 aromatic carbocycles. The second-order valence-corrected chi connectivity index (χ2v) is 21.6. The minimum Gasteiger partial charge on any atom is -0.486 e. The van der Waals surface area contributed by atoms with Crippen molar-refractivity contribution in [3.63, 3.8) is 0 Å². The fraction of sp³-hybridized carbons (Fsp3) is 0.397. The van der Waals surface area contributed by atoms with Gasteiger partial charge in [-0.1, -0.05) is 67.6 Å². The van der Waals surface area contributed by atoms with Gasteiger partial charge in [-0.05, 0) is 79.8 Å². The van der Waals surface area contributed by atoms with E-state index in [9.17, 15) is 29.7 Å². The van der Waals surface area contributed by atoms with E-state index in [1.165, 1.54) is 26.9 Å². The second-order valence-electron chi connectivity index (χ2n) is 21.6. The highest BCUT2D eigenvalue weighted by molar-refractivity contribution is 6.06. The van der Waals surface area contributed by atoms with Crippen LogP contribution in [-0.2, 0) is 20.9 Å². The fourth-order valence-corrected chi connectivity index (χ4v) is 10.8. The molecule has 0 bridgehead atoms. The van der Waals surface area contributed by atoms with Gasteiger partial charge in [0.05, 0.1) is 54.5 Å². The zero-order valence-electron chi connectivity index (χ0n) is 45.6. The smallest absolute Gasteiger partial charge is 0.407 e. The number of benzene rings is 4. The number of aromatic amines is 1. The fourth-order valence-electron chi connectivity index (χ4n) is 10.8. The number of carbonyl (C=O) groups excluding carboxylic acids is 2. The summed E-state index contributed by atoms with van der Waals surface area (Å²) in [4.78, 5) is 57.0. The molecule has 11 rings (SSSR count). The van der Waals surface area contributed by atoms with Crippen molar-refractivity contribution < 1.29 is 52.7 Å². The van der Waals surface area contributed by atoms with Gasteiger partial charge >= 0.3 is 12.1 Å². The number of likely N-dealkylation sites (tertiary alicyclic amines) is 2. The van der Waals surface area contributed by atoms with E-state index in [0.717, 1.165) is 35.2 Å². The molecule has 5 atom stereocenters. The maximum absolute atomic E-state index is 16.0. The van der Waals surface area contributed by atoms with Crippen molar-refractivity contribution in [1.82, 2.24) is 55.3 Å². The summed E-state index contributed by atoms with van der Waals surface area (Å²) < 4.78 is 41.6. The predicted octanol–water partition coefficient (Wildman–Crippen LogP) is 7.50. The molecule has 0 unspecified atom stereocenters. The molecule has 3 amide bonds. The number of nitrogens with one attached hydrogen (secondary N) is 3. The highest BCUT2D eigenvalue weighted by Crippen LogP contribution is 2.53. The van der Waals surface area contributed by atoms with E-state index in [-0.39, 0.29) is 69.3 Å². The van der Waals surface area contributed by atoms with Crippen LogP contribution in [0, 0.1) is 25.6 Å². The average molecular weight is 1110 g/mol. The number of halogens is 1. The molecule has 6 heterocycles. The molecular formula is C58H63FN12O10. The molecule has 1 saturated carbocycles. The van der Waals surface area contributed by atoms with Crippen molar-refractivity contribution in [3.05, 3.63) is 113 Å². The number of aliphatic hydroxyl groups excluding tert-OH is 2. The molecule has 2 aliphatic heterocycles. The summed E-state index contributed by atoms with van der Waals surface area (Å²) in [6.07, 6.45) is 4.26. The molecule has 81 heavy (non-hydrogen) atoms. The molecule has 0 spiro atoms. The van der Waals surface area contributed by atoms with Crippen molar-refractivity contribution in [2.45, 2.75) is 103 Å². The van der Waals surface area contributed by atoms with Crippen LogP contribution in [0.2, 0.25) is 0 Å². The molecule has 0 radical (unpaired) electrons. The molecule has 3 aliphatic rings. The predicted molar refractivity (Wildman–Crippen MR) is 295 cm³/mol. The number of ether oxygens (including phenoxy) is 3. The molecule has 422 valence electrons. The number of H-pyrrole nitrogens is 1. The number of nitrogens with zero attached hydrogens (tertiary/aromatic N) is 9. The Kier molecular flexibility index (Phi) is 15.1. The first kappa shape index (κ1) is 54.4. The summed E-state index contributed by atoms with van der Waals surface area (Å²) >= 11 is 0. The first-order valence-electron chi connectivity index (χ1n) is 27.0. The summed E-state index contributed by atoms with van der Waals surface area (Å²) in [6.45, 7) is 9.37. The standard InChI is InChI=1S/C58H63FN12O10/c1-29(2)51(56(75)70-23-39(73)17-47(70)55(74)63-46(25-72)36-13-15-37(16-14-36)52-32(5)60-28-81-52)71-24-45(67-68-71)35-9-7-33(8-10-35)27-79-53-49(48-31(4)43(59)19-44-42(48)20-61-66-44)40(34-11-12-34)18-41-50(53)64-57(80-26-30(3)78-6)65-54(41)62-38-21-69(22-38)58(76)77/h7-10,13-16,18-20,24,28-30,34,38-39,46-47,51,72-73H,11-12,17,21-23,25-27H2,1-6H3,(H,61,66)(H,63,74)(H,76,77)(H,62,64,65)/t30-,39+,46-,47-,51-/m0/s1. The lowest BCUT2D eigenvalue weighted by Gasteiger charge is -2.37. The minimum atomic E-state index is -1.02. The van der Waals surface area contributed by atoms with Gasteiger partial charge in [-0.25, -0.2) is 18.9 Å². The van der Waals surface area contributed by atoms with E-state index in [1.807, 2.05) is 70.2 Å². The highest BCUT2D eigenvalue weighted by Gasteiger charge is 2.43. The number of anilines is 1. The summed E-state index contributed by atoms with van der Waals surface area (Å²) in [6, 6.07) is 15.3. The monoisotopic (exact) mass is 1110 g/mol. The molecule has 3 fully saturated rings. The van der Waals surface area contributed by atoms with E-state index in [1.54, 1.807) is 38.6 Å². The summed E-state index contributed by atoms with van der Waals surface area (Å²) in [7, 11) is 1.58. The van der Waals surface area contributed by atoms with E-state index in [2.05, 4.69) is 36.1 Å². The van der Waals surface area contributed by atoms with Crippen LogP contribution in [-0.4, -0.2) is 147 Å². The number of aliphatic hydroxyl groups is 2. The number of hydrogen-bond donors (Lipinski definition) is 6. The zero-order chi connectivity index (χ0) is 56.8. The number of amides is 3. The Morgan fingerprint density at radius 1 is 0.951 bits per heavy atom. The molecule has 4 aromatic heterocycles. The Morgan fingerprint density at radius 3 is 2.38 bits per heavy atom. The number of aromatic nitrogens is 8.